The molecule has 3 N–H and O–H groups in total. The van der Waals surface area contributed by atoms with Crippen molar-refractivity contribution in [1.29, 1.82) is 0 Å². The molecule has 0 aliphatic carbocycles. The van der Waals surface area contributed by atoms with Gasteiger partial charge in [0.05, 0.1) is 11.9 Å². The fraction of sp³-hybridized carbons (Fsp3) is 0.0588. The van der Waals surface area contributed by atoms with Crippen molar-refractivity contribution in [2.45, 2.75) is 6.54 Å². The minimum atomic E-state index is 0.275. The van der Waals surface area contributed by atoms with Crippen LogP contribution in [0.15, 0.2) is 59.4 Å². The van der Waals surface area contributed by atoms with Crippen molar-refractivity contribution in [3.63, 3.8) is 0 Å². The lowest BCUT2D eigenvalue weighted by Gasteiger charge is -2.04. The number of aromatic nitrogens is 5. The molecule has 0 aliphatic heterocycles. The molecule has 130 valence electrons. The number of nitrogens with zero attached hydrogens (tertiary/aromatic N) is 4. The van der Waals surface area contributed by atoms with E-state index in [0.29, 0.717) is 23.2 Å². The first-order valence-electron chi connectivity index (χ1n) is 7.80. The van der Waals surface area contributed by atoms with Crippen LogP contribution in [0.4, 0.5) is 17.4 Å². The van der Waals surface area contributed by atoms with Gasteiger partial charge in [-0.2, -0.15) is 5.10 Å². The van der Waals surface area contributed by atoms with Crippen molar-refractivity contribution in [2.24, 2.45) is 0 Å². The molecule has 0 atom stereocenters. The van der Waals surface area contributed by atoms with Crippen LogP contribution >= 0.6 is 11.6 Å². The fourth-order valence-corrected chi connectivity index (χ4v) is 2.44. The second-order valence-corrected chi connectivity index (χ2v) is 5.85. The van der Waals surface area contributed by atoms with Crippen molar-refractivity contribution in [3.8, 4) is 11.6 Å². The summed E-state index contributed by atoms with van der Waals surface area (Å²) in [5.74, 6) is 0.330. The van der Waals surface area contributed by atoms with Gasteiger partial charge in [0.2, 0.25) is 0 Å². The molecule has 0 amide bonds. The zero-order valence-corrected chi connectivity index (χ0v) is 14.2. The first kappa shape index (κ1) is 16.1. The predicted molar refractivity (Wildman–Crippen MR) is 98.2 cm³/mol. The summed E-state index contributed by atoms with van der Waals surface area (Å²) in [6.45, 7) is 0.624. The van der Waals surface area contributed by atoms with E-state index in [2.05, 4.69) is 36.0 Å². The lowest BCUT2D eigenvalue weighted by Crippen LogP contribution is -1.99. The largest absolute Gasteiger partial charge is 0.401 e. The van der Waals surface area contributed by atoms with Crippen molar-refractivity contribution in [3.05, 3.63) is 65.6 Å². The summed E-state index contributed by atoms with van der Waals surface area (Å²) >= 11 is 5.88. The standard InChI is InChI=1S/C17H14ClN7O/c18-12-1-3-13(4-2-12)22-17-25-24-16(26-17)15-14(10-21-23-15)20-9-11-5-7-19-8-6-11/h1-8,10,20H,9H2,(H,21,23)(H,22,25). The van der Waals surface area contributed by atoms with E-state index in [1.807, 2.05) is 24.3 Å². The smallest absolute Gasteiger partial charge is 0.320 e. The molecule has 4 aromatic rings. The Morgan fingerprint density at radius 1 is 1.04 bits per heavy atom. The molecule has 0 unspecified atom stereocenters. The maximum atomic E-state index is 5.88. The van der Waals surface area contributed by atoms with Crippen LogP contribution in [0.1, 0.15) is 5.56 Å². The number of rotatable bonds is 6. The van der Waals surface area contributed by atoms with E-state index in [1.54, 1.807) is 30.7 Å². The molecular formula is C17H14ClN7O. The van der Waals surface area contributed by atoms with E-state index in [-0.39, 0.29) is 6.01 Å². The Morgan fingerprint density at radius 2 is 1.85 bits per heavy atom. The Morgan fingerprint density at radius 3 is 2.65 bits per heavy atom. The minimum Gasteiger partial charge on any atom is -0.401 e. The second-order valence-electron chi connectivity index (χ2n) is 5.41. The molecule has 0 spiro atoms. The normalized spacial score (nSPS) is 10.7. The summed E-state index contributed by atoms with van der Waals surface area (Å²) in [6.07, 6.45) is 5.17. The SMILES string of the molecule is Clc1ccc(Nc2nnc(-c3[nH]ncc3NCc3ccncc3)o2)cc1. The molecule has 0 radical (unpaired) electrons. The summed E-state index contributed by atoms with van der Waals surface area (Å²) < 4.78 is 5.67. The molecule has 4 rings (SSSR count). The Balaban J connectivity index is 1.47. The monoisotopic (exact) mass is 367 g/mol. The Labute approximate surface area is 153 Å². The highest BCUT2D eigenvalue weighted by Gasteiger charge is 2.15. The number of aromatic amines is 1. The summed E-state index contributed by atoms with van der Waals surface area (Å²) in [7, 11) is 0. The second kappa shape index (κ2) is 7.24. The van der Waals surface area contributed by atoms with Gasteiger partial charge < -0.3 is 15.1 Å². The zero-order chi connectivity index (χ0) is 17.8. The number of nitrogens with one attached hydrogen (secondary N) is 3. The minimum absolute atomic E-state index is 0.275. The fourth-order valence-electron chi connectivity index (χ4n) is 2.31. The van der Waals surface area contributed by atoms with Gasteiger partial charge in [-0.25, -0.2) is 0 Å². The number of halogens is 1. The van der Waals surface area contributed by atoms with Crippen LogP contribution in [0.25, 0.3) is 11.6 Å². The van der Waals surface area contributed by atoms with Gasteiger partial charge in [-0.3, -0.25) is 10.1 Å². The van der Waals surface area contributed by atoms with Crippen molar-refractivity contribution < 1.29 is 4.42 Å². The van der Waals surface area contributed by atoms with E-state index in [9.17, 15) is 0 Å². The summed E-state index contributed by atoms with van der Waals surface area (Å²) in [4.78, 5) is 4.00. The highest BCUT2D eigenvalue weighted by Crippen LogP contribution is 2.27. The molecular weight excluding hydrogens is 354 g/mol. The highest BCUT2D eigenvalue weighted by molar-refractivity contribution is 6.30. The Bertz CT molecular complexity index is 982. The molecule has 3 heterocycles. The topological polar surface area (TPSA) is 105 Å². The van der Waals surface area contributed by atoms with Gasteiger partial charge in [0.25, 0.3) is 5.89 Å². The van der Waals surface area contributed by atoms with Gasteiger partial charge in [-0.15, -0.1) is 5.10 Å². The number of pyridine rings is 1. The zero-order valence-electron chi connectivity index (χ0n) is 13.5. The van der Waals surface area contributed by atoms with Gasteiger partial charge in [0.1, 0.15) is 5.69 Å². The van der Waals surface area contributed by atoms with Gasteiger partial charge in [-0.05, 0) is 42.0 Å². The first-order chi connectivity index (χ1) is 12.8. The average molecular weight is 368 g/mol. The Hall–Kier alpha value is -3.39. The van der Waals surface area contributed by atoms with Gasteiger partial charge in [-0.1, -0.05) is 16.7 Å². The first-order valence-corrected chi connectivity index (χ1v) is 8.18. The molecule has 0 bridgehead atoms. The van der Waals surface area contributed by atoms with E-state index < -0.39 is 0 Å². The van der Waals surface area contributed by atoms with Crippen molar-refractivity contribution >= 4 is 29.0 Å². The van der Waals surface area contributed by atoms with E-state index in [0.717, 1.165) is 16.9 Å². The lowest BCUT2D eigenvalue weighted by molar-refractivity contribution is 0.585. The van der Waals surface area contributed by atoms with Crippen molar-refractivity contribution in [2.75, 3.05) is 10.6 Å². The number of hydrogen-bond donors (Lipinski definition) is 3. The number of anilines is 3. The number of H-pyrrole nitrogens is 1. The molecule has 0 saturated heterocycles. The van der Waals surface area contributed by atoms with E-state index in [4.69, 9.17) is 16.0 Å². The van der Waals surface area contributed by atoms with Gasteiger partial charge in [0.15, 0.2) is 0 Å². The van der Waals surface area contributed by atoms with E-state index >= 15 is 0 Å². The lowest BCUT2D eigenvalue weighted by atomic mass is 10.2. The number of benzene rings is 1. The molecule has 9 heteroatoms. The maximum Gasteiger partial charge on any atom is 0.320 e. The molecule has 3 aromatic heterocycles. The Kier molecular flexibility index (Phi) is 4.48. The van der Waals surface area contributed by atoms with Crippen LogP contribution in [0, 0.1) is 0 Å². The summed E-state index contributed by atoms with van der Waals surface area (Å²) in [6, 6.07) is 11.3. The molecule has 26 heavy (non-hydrogen) atoms. The highest BCUT2D eigenvalue weighted by atomic mass is 35.5. The molecule has 1 aromatic carbocycles. The molecule has 0 saturated carbocycles. The molecule has 0 aliphatic rings. The van der Waals surface area contributed by atoms with Crippen LogP contribution < -0.4 is 10.6 Å². The number of hydrogen-bond acceptors (Lipinski definition) is 7. The van der Waals surface area contributed by atoms with Crippen molar-refractivity contribution in [1.82, 2.24) is 25.4 Å². The van der Waals surface area contributed by atoms with Crippen LogP contribution in [-0.4, -0.2) is 25.4 Å². The predicted octanol–water partition coefficient (Wildman–Crippen LogP) is 3.86. The third-order valence-corrected chi connectivity index (χ3v) is 3.86. The van der Waals surface area contributed by atoms with Gasteiger partial charge >= 0.3 is 6.01 Å². The van der Waals surface area contributed by atoms with Gasteiger partial charge in [0, 0.05) is 29.6 Å². The third kappa shape index (κ3) is 3.65. The summed E-state index contributed by atoms with van der Waals surface area (Å²) in [5, 5.41) is 22.0. The van der Waals surface area contributed by atoms with Crippen LogP contribution in [0.5, 0.6) is 0 Å². The maximum absolute atomic E-state index is 5.88. The van der Waals surface area contributed by atoms with E-state index in [1.165, 1.54) is 0 Å². The van der Waals surface area contributed by atoms with Crippen LogP contribution in [-0.2, 0) is 6.54 Å². The molecule has 0 fully saturated rings. The quantitative estimate of drug-likeness (QED) is 0.475. The average Bonchev–Trinajstić information content (AvgIpc) is 3.32. The molecule has 8 nitrogen and oxygen atoms in total. The summed E-state index contributed by atoms with van der Waals surface area (Å²) in [5.41, 5.74) is 3.28. The third-order valence-electron chi connectivity index (χ3n) is 3.61. The van der Waals surface area contributed by atoms with Crippen LogP contribution in [0.2, 0.25) is 5.02 Å². The van der Waals surface area contributed by atoms with Crippen LogP contribution in [0.3, 0.4) is 0 Å².